The topological polar surface area (TPSA) is 78.9 Å². The van der Waals surface area contributed by atoms with Gasteiger partial charge in [0.15, 0.2) is 0 Å². The van der Waals surface area contributed by atoms with Crippen molar-refractivity contribution >= 4 is 17.9 Å². The maximum atomic E-state index is 12.9. The summed E-state index contributed by atoms with van der Waals surface area (Å²) in [5, 5.41) is 0. The minimum atomic E-state index is -0.320. The van der Waals surface area contributed by atoms with Gasteiger partial charge in [0, 0.05) is 6.92 Å². The Morgan fingerprint density at radius 2 is 1.31 bits per heavy atom. The van der Waals surface area contributed by atoms with Crippen molar-refractivity contribution in [1.29, 1.82) is 0 Å². The lowest BCUT2D eigenvalue weighted by Crippen LogP contribution is -2.25. The number of unbranched alkanes of at least 4 members (excludes halogenated alkanes) is 2. The lowest BCUT2D eigenvalue weighted by atomic mass is 9.90. The van der Waals surface area contributed by atoms with E-state index in [9.17, 15) is 14.4 Å². The highest BCUT2D eigenvalue weighted by atomic mass is 16.5. The molecule has 0 aliphatic rings. The van der Waals surface area contributed by atoms with Crippen LogP contribution in [0, 0.1) is 17.8 Å². The van der Waals surface area contributed by atoms with E-state index in [0.29, 0.717) is 51.2 Å². The minimum Gasteiger partial charge on any atom is -0.465 e. The van der Waals surface area contributed by atoms with Gasteiger partial charge in [0.2, 0.25) is 0 Å². The Morgan fingerprint density at radius 3 is 1.88 bits per heavy atom. The summed E-state index contributed by atoms with van der Waals surface area (Å²) in [6.45, 7) is 12.4. The van der Waals surface area contributed by atoms with Crippen molar-refractivity contribution in [3.63, 3.8) is 0 Å². The third kappa shape index (κ3) is 14.5. The number of rotatable bonds is 19. The summed E-state index contributed by atoms with van der Waals surface area (Å²) in [6.07, 6.45) is 8.92. The first-order valence-electron chi connectivity index (χ1n) is 12.8. The average molecular weight is 457 g/mol. The van der Waals surface area contributed by atoms with E-state index in [-0.39, 0.29) is 35.8 Å². The van der Waals surface area contributed by atoms with Gasteiger partial charge in [-0.3, -0.25) is 14.4 Å². The number of ether oxygens (including phenoxy) is 3. The van der Waals surface area contributed by atoms with Gasteiger partial charge in [0.05, 0.1) is 31.2 Å². The summed E-state index contributed by atoms with van der Waals surface area (Å²) in [7, 11) is 0. The van der Waals surface area contributed by atoms with Crippen molar-refractivity contribution in [3.8, 4) is 0 Å². The zero-order chi connectivity index (χ0) is 24.4. The second-order valence-corrected chi connectivity index (χ2v) is 8.94. The van der Waals surface area contributed by atoms with E-state index in [2.05, 4.69) is 20.8 Å². The van der Waals surface area contributed by atoms with Crippen LogP contribution in [0.25, 0.3) is 0 Å². The van der Waals surface area contributed by atoms with Crippen molar-refractivity contribution in [1.82, 2.24) is 0 Å². The summed E-state index contributed by atoms with van der Waals surface area (Å²) in [5.74, 6) is -0.832. The van der Waals surface area contributed by atoms with Gasteiger partial charge in [-0.25, -0.2) is 0 Å². The zero-order valence-corrected chi connectivity index (χ0v) is 21.5. The Labute approximate surface area is 196 Å². The molecule has 0 saturated carbocycles. The van der Waals surface area contributed by atoms with Gasteiger partial charge in [-0.2, -0.15) is 0 Å². The number of hydrogen-bond acceptors (Lipinski definition) is 6. The molecule has 0 aromatic carbocycles. The lowest BCUT2D eigenvalue weighted by Gasteiger charge is -2.22. The van der Waals surface area contributed by atoms with Crippen LogP contribution in [0.3, 0.4) is 0 Å². The smallest absolute Gasteiger partial charge is 0.308 e. The van der Waals surface area contributed by atoms with Crippen molar-refractivity contribution < 1.29 is 28.6 Å². The molecule has 0 saturated heterocycles. The molecule has 0 N–H and O–H groups in total. The van der Waals surface area contributed by atoms with Crippen LogP contribution < -0.4 is 0 Å². The Morgan fingerprint density at radius 1 is 0.719 bits per heavy atom. The average Bonchev–Trinajstić information content (AvgIpc) is 2.75. The first-order chi connectivity index (χ1) is 15.3. The summed E-state index contributed by atoms with van der Waals surface area (Å²) in [5.41, 5.74) is 0. The largest absolute Gasteiger partial charge is 0.465 e. The van der Waals surface area contributed by atoms with E-state index in [1.807, 2.05) is 13.8 Å². The third-order valence-electron chi connectivity index (χ3n) is 6.06. The van der Waals surface area contributed by atoms with E-state index in [4.69, 9.17) is 14.2 Å². The molecule has 0 fully saturated rings. The normalized spacial score (nSPS) is 14.8. The molecule has 0 bridgehead atoms. The fraction of sp³-hybridized carbons (Fsp3) is 0.885. The minimum absolute atomic E-state index is 0.174. The van der Waals surface area contributed by atoms with Crippen LogP contribution >= 0.6 is 0 Å². The maximum absolute atomic E-state index is 12.9. The lowest BCUT2D eigenvalue weighted by molar-refractivity contribution is -0.153. The van der Waals surface area contributed by atoms with Gasteiger partial charge in [-0.15, -0.1) is 0 Å². The predicted octanol–water partition coefficient (Wildman–Crippen LogP) is 6.24. The molecule has 0 radical (unpaired) electrons. The molecule has 32 heavy (non-hydrogen) atoms. The van der Waals surface area contributed by atoms with Crippen molar-refractivity contribution in [3.05, 3.63) is 0 Å². The molecule has 188 valence electrons. The maximum Gasteiger partial charge on any atom is 0.308 e. The molecule has 6 nitrogen and oxygen atoms in total. The number of carbonyl (C=O) groups is 3. The highest BCUT2D eigenvalue weighted by Gasteiger charge is 2.26. The fourth-order valence-corrected chi connectivity index (χ4v) is 3.70. The number of hydrogen-bond donors (Lipinski definition) is 0. The highest BCUT2D eigenvalue weighted by Crippen LogP contribution is 2.24. The van der Waals surface area contributed by atoms with E-state index < -0.39 is 0 Å². The van der Waals surface area contributed by atoms with Crippen LogP contribution in [0.15, 0.2) is 0 Å². The van der Waals surface area contributed by atoms with Crippen LogP contribution in [-0.4, -0.2) is 37.2 Å². The van der Waals surface area contributed by atoms with E-state index >= 15 is 0 Å². The Kier molecular flexibility index (Phi) is 18.0. The first-order valence-corrected chi connectivity index (χ1v) is 12.8. The molecular formula is C26H48O6. The fourth-order valence-electron chi connectivity index (χ4n) is 3.70. The highest BCUT2D eigenvalue weighted by molar-refractivity contribution is 5.74. The van der Waals surface area contributed by atoms with Crippen LogP contribution in [0.4, 0.5) is 0 Å². The van der Waals surface area contributed by atoms with Gasteiger partial charge < -0.3 is 14.2 Å². The SMILES string of the molecule is CCCCOC(=O)C(CC)CCC(CCC(C)OC(C)=O)C(=O)OCC(CC)CCCC. The molecule has 0 aliphatic carbocycles. The Balaban J connectivity index is 4.93. The number of carbonyl (C=O) groups excluding carboxylic acids is 3. The standard InChI is InChI=1S/C26H48O6/c1-7-11-13-22(9-3)19-31-26(29)24(15-14-20(5)32-21(6)27)17-16-23(10-4)25(28)30-18-12-8-2/h20,22-24H,7-19H2,1-6H3. The Bertz CT molecular complexity index is 518. The summed E-state index contributed by atoms with van der Waals surface area (Å²) in [6, 6.07) is 0. The summed E-state index contributed by atoms with van der Waals surface area (Å²) >= 11 is 0. The van der Waals surface area contributed by atoms with Crippen LogP contribution in [0.5, 0.6) is 0 Å². The van der Waals surface area contributed by atoms with Crippen LogP contribution in [-0.2, 0) is 28.6 Å². The molecule has 6 heteroatoms. The molecule has 4 unspecified atom stereocenters. The van der Waals surface area contributed by atoms with Crippen LogP contribution in [0.1, 0.15) is 112 Å². The van der Waals surface area contributed by atoms with Gasteiger partial charge in [0.25, 0.3) is 0 Å². The van der Waals surface area contributed by atoms with Gasteiger partial charge in [-0.1, -0.05) is 53.4 Å². The van der Waals surface area contributed by atoms with Crippen LogP contribution in [0.2, 0.25) is 0 Å². The second kappa shape index (κ2) is 18.9. The van der Waals surface area contributed by atoms with Crippen molar-refractivity contribution in [2.75, 3.05) is 13.2 Å². The number of esters is 3. The summed E-state index contributed by atoms with van der Waals surface area (Å²) in [4.78, 5) is 36.5. The molecular weight excluding hydrogens is 408 g/mol. The Hall–Kier alpha value is -1.59. The summed E-state index contributed by atoms with van der Waals surface area (Å²) < 4.78 is 16.3. The van der Waals surface area contributed by atoms with E-state index in [0.717, 1.165) is 38.5 Å². The quantitative estimate of drug-likeness (QED) is 0.130. The third-order valence-corrected chi connectivity index (χ3v) is 6.06. The van der Waals surface area contributed by atoms with Crippen molar-refractivity contribution in [2.45, 2.75) is 118 Å². The second-order valence-electron chi connectivity index (χ2n) is 8.94. The van der Waals surface area contributed by atoms with Gasteiger partial charge in [0.1, 0.15) is 0 Å². The zero-order valence-electron chi connectivity index (χ0n) is 21.5. The molecule has 0 rings (SSSR count). The molecule has 0 amide bonds. The van der Waals surface area contributed by atoms with Gasteiger partial charge in [-0.05, 0) is 57.8 Å². The first kappa shape index (κ1) is 30.4. The molecule has 4 atom stereocenters. The van der Waals surface area contributed by atoms with E-state index in [1.165, 1.54) is 6.92 Å². The van der Waals surface area contributed by atoms with Crippen molar-refractivity contribution in [2.24, 2.45) is 17.8 Å². The molecule has 0 heterocycles. The van der Waals surface area contributed by atoms with E-state index in [1.54, 1.807) is 0 Å². The van der Waals surface area contributed by atoms with Gasteiger partial charge >= 0.3 is 17.9 Å². The molecule has 0 spiro atoms. The molecule has 0 aliphatic heterocycles. The predicted molar refractivity (Wildman–Crippen MR) is 127 cm³/mol. The molecule has 0 aromatic heterocycles. The monoisotopic (exact) mass is 456 g/mol. The molecule has 0 aromatic rings.